The molecule has 3 heteroatoms. The van der Waals surface area contributed by atoms with Crippen molar-refractivity contribution in [2.75, 3.05) is 30.7 Å². The number of benzene rings is 1. The van der Waals surface area contributed by atoms with E-state index in [9.17, 15) is 0 Å². The predicted molar refractivity (Wildman–Crippen MR) is 77.7 cm³/mol. The van der Waals surface area contributed by atoms with Gasteiger partial charge in [0.05, 0.1) is 0 Å². The van der Waals surface area contributed by atoms with E-state index in [4.69, 9.17) is 0 Å². The number of thioether (sulfide) groups is 1. The molecule has 0 heterocycles. The third-order valence-corrected chi connectivity index (χ3v) is 4.03. The van der Waals surface area contributed by atoms with E-state index < -0.39 is 0 Å². The molecular formula is C13H20BrNS. The number of alkyl halides is 1. The Kier molecular flexibility index (Phi) is 7.99. The molecule has 1 nitrogen and oxygen atoms in total. The van der Waals surface area contributed by atoms with Crippen LogP contribution in [0.4, 0.5) is 0 Å². The fraction of sp³-hybridized carbons (Fsp3) is 0.538. The van der Waals surface area contributed by atoms with E-state index >= 15 is 0 Å². The Morgan fingerprint density at radius 1 is 1.19 bits per heavy atom. The molecule has 16 heavy (non-hydrogen) atoms. The van der Waals surface area contributed by atoms with Crippen molar-refractivity contribution in [3.05, 3.63) is 30.3 Å². The summed E-state index contributed by atoms with van der Waals surface area (Å²) >= 11 is 5.42. The zero-order chi connectivity index (χ0) is 11.6. The predicted octanol–water partition coefficient (Wildman–Crippen LogP) is 3.89. The summed E-state index contributed by atoms with van der Waals surface area (Å²) in [6.07, 6.45) is 1.24. The second-order valence-electron chi connectivity index (χ2n) is 3.64. The van der Waals surface area contributed by atoms with Gasteiger partial charge in [0.2, 0.25) is 0 Å². The summed E-state index contributed by atoms with van der Waals surface area (Å²) in [5.74, 6) is 1.18. The first-order valence-corrected chi connectivity index (χ1v) is 7.93. The van der Waals surface area contributed by atoms with Crippen LogP contribution in [-0.4, -0.2) is 35.6 Å². The van der Waals surface area contributed by atoms with Gasteiger partial charge in [0.15, 0.2) is 0 Å². The van der Waals surface area contributed by atoms with E-state index in [0.29, 0.717) is 0 Å². The largest absolute Gasteiger partial charge is 0.303 e. The van der Waals surface area contributed by atoms with E-state index in [1.54, 1.807) is 0 Å². The highest BCUT2D eigenvalue weighted by atomic mass is 79.9. The SMILES string of the molecule is CCN(CCCBr)CCSc1ccccc1. The highest BCUT2D eigenvalue weighted by Gasteiger charge is 2.01. The fourth-order valence-corrected chi connectivity index (χ4v) is 2.71. The molecule has 0 radical (unpaired) electrons. The lowest BCUT2D eigenvalue weighted by Gasteiger charge is -2.19. The van der Waals surface area contributed by atoms with Crippen LogP contribution >= 0.6 is 27.7 Å². The maximum Gasteiger partial charge on any atom is 0.0108 e. The molecule has 0 saturated carbocycles. The standard InChI is InChI=1S/C13H20BrNS/c1-2-15(10-6-9-14)11-12-16-13-7-4-3-5-8-13/h3-5,7-8H,2,6,9-12H2,1H3. The fourth-order valence-electron chi connectivity index (χ4n) is 1.52. The van der Waals surface area contributed by atoms with Gasteiger partial charge in [-0.25, -0.2) is 0 Å². The zero-order valence-electron chi connectivity index (χ0n) is 9.86. The molecule has 0 N–H and O–H groups in total. The number of hydrogen-bond donors (Lipinski definition) is 0. The lowest BCUT2D eigenvalue weighted by Crippen LogP contribution is -2.27. The molecule has 0 atom stereocenters. The number of rotatable bonds is 8. The van der Waals surface area contributed by atoms with Crippen molar-refractivity contribution in [1.82, 2.24) is 4.90 Å². The molecule has 0 aliphatic carbocycles. The molecule has 0 saturated heterocycles. The van der Waals surface area contributed by atoms with Crippen molar-refractivity contribution in [2.24, 2.45) is 0 Å². The Balaban J connectivity index is 2.18. The second kappa shape index (κ2) is 9.08. The van der Waals surface area contributed by atoms with Gasteiger partial charge in [0.25, 0.3) is 0 Å². The van der Waals surface area contributed by atoms with Crippen molar-refractivity contribution < 1.29 is 0 Å². The molecule has 0 aliphatic heterocycles. The van der Waals surface area contributed by atoms with E-state index in [1.165, 1.54) is 30.2 Å². The summed E-state index contributed by atoms with van der Waals surface area (Å²) in [6.45, 7) is 5.78. The summed E-state index contributed by atoms with van der Waals surface area (Å²) in [6, 6.07) is 10.6. The number of halogens is 1. The minimum absolute atomic E-state index is 1.11. The average molecular weight is 302 g/mol. The Bertz CT molecular complexity index is 266. The first-order valence-electron chi connectivity index (χ1n) is 5.83. The Labute approximate surface area is 112 Å². The molecule has 1 aromatic carbocycles. The molecule has 1 rings (SSSR count). The molecule has 0 unspecified atom stereocenters. The molecule has 0 fully saturated rings. The van der Waals surface area contributed by atoms with Gasteiger partial charge < -0.3 is 4.90 Å². The first kappa shape index (κ1) is 14.1. The van der Waals surface area contributed by atoms with Gasteiger partial charge in [0, 0.05) is 22.5 Å². The molecule has 0 bridgehead atoms. The Morgan fingerprint density at radius 2 is 1.94 bits per heavy atom. The molecular weight excluding hydrogens is 282 g/mol. The van der Waals surface area contributed by atoms with Gasteiger partial charge in [-0.3, -0.25) is 0 Å². The van der Waals surface area contributed by atoms with Crippen LogP contribution in [0.15, 0.2) is 35.2 Å². The maximum atomic E-state index is 3.48. The lowest BCUT2D eigenvalue weighted by molar-refractivity contribution is 0.308. The van der Waals surface area contributed by atoms with Crippen LogP contribution in [0.5, 0.6) is 0 Å². The van der Waals surface area contributed by atoms with Crippen molar-refractivity contribution >= 4 is 27.7 Å². The third-order valence-electron chi connectivity index (χ3n) is 2.47. The van der Waals surface area contributed by atoms with Crippen LogP contribution < -0.4 is 0 Å². The minimum atomic E-state index is 1.11. The van der Waals surface area contributed by atoms with Crippen LogP contribution in [0.3, 0.4) is 0 Å². The van der Waals surface area contributed by atoms with Crippen molar-refractivity contribution in [2.45, 2.75) is 18.2 Å². The highest BCUT2D eigenvalue weighted by molar-refractivity contribution is 9.09. The normalized spacial score (nSPS) is 10.9. The van der Waals surface area contributed by atoms with Crippen LogP contribution in [0.1, 0.15) is 13.3 Å². The summed E-state index contributed by atoms with van der Waals surface area (Å²) in [5.41, 5.74) is 0. The summed E-state index contributed by atoms with van der Waals surface area (Å²) < 4.78 is 0. The van der Waals surface area contributed by atoms with Gasteiger partial charge in [-0.1, -0.05) is 41.1 Å². The van der Waals surface area contributed by atoms with Crippen LogP contribution in [0.2, 0.25) is 0 Å². The summed E-state index contributed by atoms with van der Waals surface area (Å²) in [7, 11) is 0. The van der Waals surface area contributed by atoms with E-state index in [2.05, 4.69) is 58.1 Å². The summed E-state index contributed by atoms with van der Waals surface area (Å²) in [4.78, 5) is 3.89. The van der Waals surface area contributed by atoms with Gasteiger partial charge >= 0.3 is 0 Å². The van der Waals surface area contributed by atoms with Crippen LogP contribution in [0, 0.1) is 0 Å². The second-order valence-corrected chi connectivity index (χ2v) is 5.60. The molecule has 0 aliphatic rings. The van der Waals surface area contributed by atoms with Crippen LogP contribution in [-0.2, 0) is 0 Å². The topological polar surface area (TPSA) is 3.24 Å². The van der Waals surface area contributed by atoms with Gasteiger partial charge in [-0.2, -0.15) is 0 Å². The highest BCUT2D eigenvalue weighted by Crippen LogP contribution is 2.16. The zero-order valence-corrected chi connectivity index (χ0v) is 12.3. The quantitative estimate of drug-likeness (QED) is 0.529. The number of hydrogen-bond acceptors (Lipinski definition) is 2. The molecule has 0 amide bonds. The van der Waals surface area contributed by atoms with E-state index in [0.717, 1.165) is 11.9 Å². The van der Waals surface area contributed by atoms with Gasteiger partial charge in [0.1, 0.15) is 0 Å². The molecule has 1 aromatic rings. The van der Waals surface area contributed by atoms with Gasteiger partial charge in [-0.05, 0) is 31.6 Å². The van der Waals surface area contributed by atoms with E-state index in [1.807, 2.05) is 11.8 Å². The summed E-state index contributed by atoms with van der Waals surface area (Å²) in [5, 5.41) is 1.11. The minimum Gasteiger partial charge on any atom is -0.303 e. The monoisotopic (exact) mass is 301 g/mol. The van der Waals surface area contributed by atoms with Gasteiger partial charge in [-0.15, -0.1) is 11.8 Å². The average Bonchev–Trinajstić information content (AvgIpc) is 2.35. The Morgan fingerprint density at radius 3 is 2.56 bits per heavy atom. The molecule has 0 aromatic heterocycles. The third kappa shape index (κ3) is 5.92. The van der Waals surface area contributed by atoms with Crippen molar-refractivity contribution in [3.8, 4) is 0 Å². The maximum absolute atomic E-state index is 3.48. The lowest BCUT2D eigenvalue weighted by atomic mass is 10.4. The van der Waals surface area contributed by atoms with E-state index in [-0.39, 0.29) is 0 Å². The van der Waals surface area contributed by atoms with Crippen LogP contribution in [0.25, 0.3) is 0 Å². The smallest absolute Gasteiger partial charge is 0.0108 e. The molecule has 0 spiro atoms. The molecule has 90 valence electrons. The first-order chi connectivity index (χ1) is 7.86. The van der Waals surface area contributed by atoms with Crippen molar-refractivity contribution in [1.29, 1.82) is 0 Å². The number of nitrogens with zero attached hydrogens (tertiary/aromatic N) is 1. The van der Waals surface area contributed by atoms with Crippen molar-refractivity contribution in [3.63, 3.8) is 0 Å². The Hall–Kier alpha value is 0.0100.